The Morgan fingerprint density at radius 2 is 2.03 bits per heavy atom. The number of urea groups is 1. The number of aliphatic imine (C=N–C) groups is 1. The number of allylic oxidation sites excluding steroid dienone is 1. The Kier molecular flexibility index (Phi) is 4.81. The van der Waals surface area contributed by atoms with E-state index in [4.69, 9.17) is 4.74 Å². The number of aromatic nitrogens is 2. The number of imidazole rings is 1. The summed E-state index contributed by atoms with van der Waals surface area (Å²) in [7, 11) is 1.44. The molecule has 0 saturated carbocycles. The molecule has 2 amide bonds. The summed E-state index contributed by atoms with van der Waals surface area (Å²) in [5, 5.41) is 15.8. The number of carbonyl (C=O) groups excluding carboxylic acids is 1. The van der Waals surface area contributed by atoms with Crippen molar-refractivity contribution in [3.05, 3.63) is 59.3 Å². The minimum atomic E-state index is -2.23. The summed E-state index contributed by atoms with van der Waals surface area (Å²) in [6.45, 7) is 4.70. The molecule has 0 spiro atoms. The highest BCUT2D eigenvalue weighted by Gasteiger charge is 2.50. The summed E-state index contributed by atoms with van der Waals surface area (Å²) in [5.74, 6) is -1.88. The summed E-state index contributed by atoms with van der Waals surface area (Å²) in [6, 6.07) is 0.278. The molecular weight excluding hydrogens is 433 g/mol. The molecule has 5 rings (SSSR count). The number of hydrogen-bond donors (Lipinski definition) is 3. The minimum absolute atomic E-state index is 0.0519. The van der Waals surface area contributed by atoms with Crippen LogP contribution in [0.15, 0.2) is 47.2 Å². The molecule has 2 aromatic rings. The van der Waals surface area contributed by atoms with Crippen molar-refractivity contribution in [2.24, 2.45) is 4.99 Å². The predicted octanol–water partition coefficient (Wildman–Crippen LogP) is 0.733. The van der Waals surface area contributed by atoms with E-state index in [1.165, 1.54) is 22.6 Å². The Labute approximate surface area is 187 Å². The zero-order valence-corrected chi connectivity index (χ0v) is 18.0. The molecule has 0 aromatic carbocycles. The number of carbonyl (C=O) groups is 2. The van der Waals surface area contributed by atoms with E-state index in [2.05, 4.69) is 25.5 Å². The predicted molar refractivity (Wildman–Crippen MR) is 115 cm³/mol. The molecule has 2 aromatic heterocycles. The van der Waals surface area contributed by atoms with Crippen LogP contribution >= 0.6 is 0 Å². The van der Waals surface area contributed by atoms with Gasteiger partial charge in [-0.2, -0.15) is 0 Å². The number of carboxylic acid groups (broad SMARTS) is 1. The third-order valence-electron chi connectivity index (χ3n) is 5.82. The van der Waals surface area contributed by atoms with Crippen LogP contribution in [-0.4, -0.2) is 75.4 Å². The van der Waals surface area contributed by atoms with Crippen LogP contribution in [0.25, 0.3) is 5.65 Å². The van der Waals surface area contributed by atoms with Gasteiger partial charge in [0.2, 0.25) is 5.88 Å². The number of amidine groups is 1. The number of fused-ring (bicyclic) bond motifs is 2. The topological polar surface area (TPSA) is 124 Å². The molecular formula is C21H22FN7O4. The maximum Gasteiger partial charge on any atom is 0.357 e. The van der Waals surface area contributed by atoms with Crippen LogP contribution in [0.1, 0.15) is 11.3 Å². The second kappa shape index (κ2) is 7.59. The summed E-state index contributed by atoms with van der Waals surface area (Å²) < 4.78 is 21.7. The molecule has 5 heterocycles. The highest BCUT2D eigenvalue weighted by molar-refractivity contribution is 6.10. The molecule has 1 atom stereocenters. The third-order valence-corrected chi connectivity index (χ3v) is 5.82. The third kappa shape index (κ3) is 3.21. The molecule has 0 radical (unpaired) electrons. The van der Waals surface area contributed by atoms with Crippen molar-refractivity contribution in [2.45, 2.75) is 12.6 Å². The van der Waals surface area contributed by atoms with Crippen LogP contribution in [0.4, 0.5) is 9.18 Å². The van der Waals surface area contributed by atoms with Gasteiger partial charge in [0, 0.05) is 44.1 Å². The Morgan fingerprint density at radius 3 is 2.73 bits per heavy atom. The Balaban J connectivity index is 1.63. The number of hydrogen-bond acceptors (Lipinski definition) is 7. The molecule has 1 saturated heterocycles. The molecule has 172 valence electrons. The molecule has 3 N–H and O–H groups in total. The first-order chi connectivity index (χ1) is 15.8. The van der Waals surface area contributed by atoms with E-state index in [1.54, 1.807) is 25.3 Å². The number of carboxylic acids is 1. The Hall–Kier alpha value is -3.93. The van der Waals surface area contributed by atoms with Crippen LogP contribution in [0.5, 0.6) is 0 Å². The number of halogens is 1. The Bertz CT molecular complexity index is 1260. The maximum absolute atomic E-state index is 14.8. The van der Waals surface area contributed by atoms with Gasteiger partial charge in [0.15, 0.2) is 11.5 Å². The first kappa shape index (κ1) is 20.9. The molecule has 11 nitrogen and oxygen atoms in total. The van der Waals surface area contributed by atoms with Crippen molar-refractivity contribution in [1.29, 1.82) is 0 Å². The van der Waals surface area contributed by atoms with Crippen molar-refractivity contribution < 1.29 is 23.8 Å². The molecule has 0 bridgehead atoms. The van der Waals surface area contributed by atoms with Gasteiger partial charge in [-0.15, -0.1) is 0 Å². The van der Waals surface area contributed by atoms with Gasteiger partial charge in [0.25, 0.3) is 5.66 Å². The van der Waals surface area contributed by atoms with Gasteiger partial charge in [0.05, 0.1) is 18.5 Å². The van der Waals surface area contributed by atoms with E-state index in [9.17, 15) is 19.1 Å². The van der Waals surface area contributed by atoms with Crippen molar-refractivity contribution in [2.75, 3.05) is 33.3 Å². The van der Waals surface area contributed by atoms with Gasteiger partial charge in [-0.05, 0) is 25.1 Å². The lowest BCUT2D eigenvalue weighted by molar-refractivity contribution is -0.144. The van der Waals surface area contributed by atoms with Crippen LogP contribution in [-0.2, 0) is 15.2 Å². The molecule has 3 aliphatic rings. The van der Waals surface area contributed by atoms with E-state index < -0.39 is 23.5 Å². The van der Waals surface area contributed by atoms with Gasteiger partial charge < -0.3 is 24.5 Å². The van der Waals surface area contributed by atoms with E-state index in [1.807, 2.05) is 0 Å². The second-order valence-electron chi connectivity index (χ2n) is 7.91. The van der Waals surface area contributed by atoms with Gasteiger partial charge in [-0.25, -0.2) is 28.9 Å². The van der Waals surface area contributed by atoms with Crippen molar-refractivity contribution in [3.63, 3.8) is 0 Å². The fourth-order valence-corrected chi connectivity index (χ4v) is 4.29. The van der Waals surface area contributed by atoms with Crippen molar-refractivity contribution >= 4 is 23.5 Å². The number of nitrogens with one attached hydrogen (secondary N) is 2. The molecule has 0 aliphatic carbocycles. The fourth-order valence-electron chi connectivity index (χ4n) is 4.29. The summed E-state index contributed by atoms with van der Waals surface area (Å²) >= 11 is 0. The normalized spacial score (nSPS) is 22.9. The molecule has 12 heteroatoms. The highest BCUT2D eigenvalue weighted by Crippen LogP contribution is 2.33. The quantitative estimate of drug-likeness (QED) is 0.621. The van der Waals surface area contributed by atoms with E-state index in [-0.39, 0.29) is 22.9 Å². The zero-order valence-electron chi connectivity index (χ0n) is 18.0. The molecule has 33 heavy (non-hydrogen) atoms. The second-order valence-corrected chi connectivity index (χ2v) is 7.91. The molecule has 1 unspecified atom stereocenters. The van der Waals surface area contributed by atoms with E-state index >= 15 is 0 Å². The number of amides is 2. The molecule has 1 fully saturated rings. The Morgan fingerprint density at radius 1 is 1.27 bits per heavy atom. The number of rotatable bonds is 4. The van der Waals surface area contributed by atoms with Crippen LogP contribution in [0.3, 0.4) is 0 Å². The first-order valence-electron chi connectivity index (χ1n) is 10.4. The number of ether oxygens (including phenoxy) is 1. The zero-order chi connectivity index (χ0) is 23.3. The SMILES string of the molecule is COC1=C(N2CCNCC2)C=CC2=NC(C(=O)O)(c3cc(F)c4nc(C)cn4c3)NC(=O)N21. The monoisotopic (exact) mass is 455 g/mol. The van der Waals surface area contributed by atoms with Crippen molar-refractivity contribution in [1.82, 2.24) is 29.8 Å². The number of nitrogens with zero attached hydrogens (tertiary/aromatic N) is 5. The lowest BCUT2D eigenvalue weighted by atomic mass is 10.00. The van der Waals surface area contributed by atoms with Gasteiger partial charge in [-0.3, -0.25) is 5.32 Å². The van der Waals surface area contributed by atoms with E-state index in [0.29, 0.717) is 11.4 Å². The fraction of sp³-hybridized carbons (Fsp3) is 0.333. The number of piperazine rings is 1. The van der Waals surface area contributed by atoms with Gasteiger partial charge >= 0.3 is 12.0 Å². The van der Waals surface area contributed by atoms with Crippen LogP contribution in [0.2, 0.25) is 0 Å². The number of pyridine rings is 1. The summed E-state index contributed by atoms with van der Waals surface area (Å²) in [4.78, 5) is 37.4. The largest absolute Gasteiger partial charge is 0.480 e. The maximum atomic E-state index is 14.8. The average Bonchev–Trinajstić information content (AvgIpc) is 3.19. The lowest BCUT2D eigenvalue weighted by Gasteiger charge is -2.40. The average molecular weight is 455 g/mol. The summed E-state index contributed by atoms with van der Waals surface area (Å²) in [6.07, 6.45) is 6.27. The number of aryl methyl sites for hydroxylation is 1. The van der Waals surface area contributed by atoms with Gasteiger partial charge in [-0.1, -0.05) is 0 Å². The van der Waals surface area contributed by atoms with Crippen molar-refractivity contribution in [3.8, 4) is 0 Å². The highest BCUT2D eigenvalue weighted by atomic mass is 19.1. The standard InChI is InChI=1S/C21H22FN7O4/c1-12-10-28-11-13(9-14(22)17(28)24-12)21(19(30)31)25-16-4-3-15(27-7-5-23-6-8-27)18(33-2)29(16)20(32)26-21/h3-4,9-11,23H,5-8H2,1-2H3,(H,26,32)(H,30,31). The van der Waals surface area contributed by atoms with E-state index in [0.717, 1.165) is 32.2 Å². The lowest BCUT2D eigenvalue weighted by Crippen LogP contribution is -2.61. The molecule has 3 aliphatic heterocycles. The summed E-state index contributed by atoms with van der Waals surface area (Å²) in [5.41, 5.74) is -0.979. The minimum Gasteiger partial charge on any atom is -0.480 e. The van der Waals surface area contributed by atoms with Crippen LogP contribution < -0.4 is 10.6 Å². The number of aliphatic carboxylic acids is 1. The van der Waals surface area contributed by atoms with Crippen LogP contribution in [0, 0.1) is 12.7 Å². The first-order valence-corrected chi connectivity index (χ1v) is 10.4. The van der Waals surface area contributed by atoms with Gasteiger partial charge in [0.1, 0.15) is 5.84 Å². The smallest absolute Gasteiger partial charge is 0.357 e. The number of methoxy groups -OCH3 is 1.